The van der Waals surface area contributed by atoms with Gasteiger partial charge in [-0.2, -0.15) is 0 Å². The number of carbonyl (C=O) groups is 2. The van der Waals surface area contributed by atoms with Gasteiger partial charge in [0.1, 0.15) is 11.9 Å². The second-order valence-electron chi connectivity index (χ2n) is 6.94. The number of nitrogens with one attached hydrogen (secondary N) is 1. The molecule has 3 rings (SSSR count). The van der Waals surface area contributed by atoms with Crippen LogP contribution in [0.3, 0.4) is 0 Å². The molecule has 1 unspecified atom stereocenters. The van der Waals surface area contributed by atoms with Gasteiger partial charge in [-0.3, -0.25) is 4.79 Å². The summed E-state index contributed by atoms with van der Waals surface area (Å²) in [6.07, 6.45) is 5.57. The molecule has 0 fully saturated rings. The Bertz CT molecular complexity index is 1080. The second-order valence-corrected chi connectivity index (χ2v) is 6.94. The number of carbonyl (C=O) groups excluding carboxylic acids is 2. The van der Waals surface area contributed by atoms with Gasteiger partial charge in [0, 0.05) is 12.2 Å². The van der Waals surface area contributed by atoms with E-state index < -0.39 is 12.1 Å². The molecule has 3 aromatic rings. The van der Waals surface area contributed by atoms with Gasteiger partial charge < -0.3 is 14.8 Å². The fraction of sp³-hybridized carbons (Fsp3) is 0.111. The molecule has 0 radical (unpaired) electrons. The zero-order valence-electron chi connectivity index (χ0n) is 17.8. The molecule has 0 aliphatic heterocycles. The third kappa shape index (κ3) is 7.29. The van der Waals surface area contributed by atoms with Crippen molar-refractivity contribution in [2.24, 2.45) is 0 Å². The largest absolute Gasteiger partial charge is 0.497 e. The van der Waals surface area contributed by atoms with E-state index in [1.165, 1.54) is 12.2 Å². The zero-order valence-corrected chi connectivity index (χ0v) is 17.8. The Morgan fingerprint density at radius 1 is 0.844 bits per heavy atom. The number of hydrogen-bond acceptors (Lipinski definition) is 4. The molecule has 3 aromatic carbocycles. The van der Waals surface area contributed by atoms with Crippen LogP contribution < -0.4 is 10.1 Å². The summed E-state index contributed by atoms with van der Waals surface area (Å²) in [5, 5.41) is 2.80. The van der Waals surface area contributed by atoms with Gasteiger partial charge >= 0.3 is 5.97 Å². The van der Waals surface area contributed by atoms with Gasteiger partial charge in [0.15, 0.2) is 0 Å². The fourth-order valence-electron chi connectivity index (χ4n) is 2.97. The van der Waals surface area contributed by atoms with Crippen molar-refractivity contribution >= 4 is 24.0 Å². The minimum Gasteiger partial charge on any atom is -0.497 e. The summed E-state index contributed by atoms with van der Waals surface area (Å²) in [4.78, 5) is 24.7. The first-order valence-electron chi connectivity index (χ1n) is 10.2. The lowest BCUT2D eigenvalue weighted by Crippen LogP contribution is -2.29. The Kier molecular flexibility index (Phi) is 8.40. The van der Waals surface area contributed by atoms with E-state index >= 15 is 0 Å². The second kappa shape index (κ2) is 11.9. The number of esters is 1. The van der Waals surface area contributed by atoms with Crippen LogP contribution in [-0.4, -0.2) is 25.5 Å². The van der Waals surface area contributed by atoms with Gasteiger partial charge in [-0.25, -0.2) is 4.79 Å². The highest BCUT2D eigenvalue weighted by atomic mass is 16.5. The lowest BCUT2D eigenvalue weighted by molar-refractivity contribution is -0.143. The number of rotatable bonds is 9. The normalized spacial score (nSPS) is 11.9. The van der Waals surface area contributed by atoms with Crippen LogP contribution in [0, 0.1) is 0 Å². The third-order valence-electron chi connectivity index (χ3n) is 4.62. The fourth-order valence-corrected chi connectivity index (χ4v) is 2.97. The van der Waals surface area contributed by atoms with Crippen LogP contribution in [0.1, 0.15) is 22.8 Å². The topological polar surface area (TPSA) is 64.6 Å². The molecule has 5 heteroatoms. The van der Waals surface area contributed by atoms with Crippen molar-refractivity contribution in [2.75, 3.05) is 13.7 Å². The molecular formula is C27H25NO4. The predicted octanol–water partition coefficient (Wildman–Crippen LogP) is 4.82. The van der Waals surface area contributed by atoms with E-state index in [0.717, 1.165) is 16.7 Å². The summed E-state index contributed by atoms with van der Waals surface area (Å²) in [5.74, 6) is -0.146. The van der Waals surface area contributed by atoms with Crippen LogP contribution >= 0.6 is 0 Å². The first kappa shape index (κ1) is 22.6. The van der Waals surface area contributed by atoms with E-state index in [9.17, 15) is 9.59 Å². The summed E-state index contributed by atoms with van der Waals surface area (Å²) < 4.78 is 10.9. The van der Waals surface area contributed by atoms with Crippen molar-refractivity contribution in [1.29, 1.82) is 0 Å². The van der Waals surface area contributed by atoms with Crippen LogP contribution in [0.4, 0.5) is 0 Å². The highest BCUT2D eigenvalue weighted by Crippen LogP contribution is 2.22. The van der Waals surface area contributed by atoms with Gasteiger partial charge in [0.05, 0.1) is 13.7 Å². The molecule has 1 atom stereocenters. The van der Waals surface area contributed by atoms with E-state index in [1.54, 1.807) is 31.4 Å². The first-order valence-corrected chi connectivity index (χ1v) is 10.2. The average molecular weight is 428 g/mol. The predicted molar refractivity (Wildman–Crippen MR) is 126 cm³/mol. The SMILES string of the molecule is COc1cccc(C(CNC(=O)/C=C/c2ccccc2)OC(=O)/C=C/c2ccccc2)c1. The average Bonchev–Trinajstić information content (AvgIpc) is 2.85. The van der Waals surface area contributed by atoms with Gasteiger partial charge in [-0.1, -0.05) is 72.8 Å². The van der Waals surface area contributed by atoms with E-state index in [4.69, 9.17) is 9.47 Å². The van der Waals surface area contributed by atoms with Crippen LogP contribution in [0.15, 0.2) is 97.1 Å². The maximum atomic E-state index is 12.4. The molecule has 0 saturated carbocycles. The monoisotopic (exact) mass is 427 g/mol. The molecule has 162 valence electrons. The van der Waals surface area contributed by atoms with Crippen molar-refractivity contribution in [1.82, 2.24) is 5.32 Å². The maximum absolute atomic E-state index is 12.4. The zero-order chi connectivity index (χ0) is 22.6. The van der Waals surface area contributed by atoms with Crippen LogP contribution in [0.5, 0.6) is 5.75 Å². The number of benzene rings is 3. The highest BCUT2D eigenvalue weighted by Gasteiger charge is 2.17. The quantitative estimate of drug-likeness (QED) is 0.393. The number of ether oxygens (including phenoxy) is 2. The smallest absolute Gasteiger partial charge is 0.331 e. The standard InChI is InChI=1S/C27H25NO4/c1-31-24-14-8-13-23(19-24)25(32-27(30)18-16-22-11-6-3-7-12-22)20-28-26(29)17-15-21-9-4-2-5-10-21/h2-19,25H,20H2,1H3,(H,28,29)/b17-15+,18-16+. The molecule has 0 aliphatic carbocycles. The molecule has 0 bridgehead atoms. The molecule has 0 spiro atoms. The molecule has 0 aliphatic rings. The van der Waals surface area contributed by atoms with E-state index in [0.29, 0.717) is 5.75 Å². The van der Waals surface area contributed by atoms with Crippen LogP contribution in [-0.2, 0) is 14.3 Å². The van der Waals surface area contributed by atoms with Gasteiger partial charge in [-0.05, 0) is 41.0 Å². The molecule has 32 heavy (non-hydrogen) atoms. The van der Waals surface area contributed by atoms with Gasteiger partial charge in [0.2, 0.25) is 5.91 Å². The van der Waals surface area contributed by atoms with Gasteiger partial charge in [-0.15, -0.1) is 0 Å². The number of methoxy groups -OCH3 is 1. The maximum Gasteiger partial charge on any atom is 0.331 e. The lowest BCUT2D eigenvalue weighted by Gasteiger charge is -2.18. The van der Waals surface area contributed by atoms with Gasteiger partial charge in [0.25, 0.3) is 0 Å². The Morgan fingerprint density at radius 3 is 2.09 bits per heavy atom. The third-order valence-corrected chi connectivity index (χ3v) is 4.62. The molecule has 0 saturated heterocycles. The van der Waals surface area contributed by atoms with E-state index in [-0.39, 0.29) is 12.5 Å². The van der Waals surface area contributed by atoms with Crippen molar-refractivity contribution in [2.45, 2.75) is 6.10 Å². The van der Waals surface area contributed by atoms with Crippen molar-refractivity contribution in [3.63, 3.8) is 0 Å². The molecule has 5 nitrogen and oxygen atoms in total. The Balaban J connectivity index is 1.67. The first-order chi connectivity index (χ1) is 15.6. The molecule has 0 heterocycles. The van der Waals surface area contributed by atoms with E-state index in [2.05, 4.69) is 5.32 Å². The summed E-state index contributed by atoms with van der Waals surface area (Å²) in [5.41, 5.74) is 2.53. The minimum absolute atomic E-state index is 0.121. The Hall–Kier alpha value is -4.12. The number of hydrogen-bond donors (Lipinski definition) is 1. The minimum atomic E-state index is -0.674. The van der Waals surface area contributed by atoms with Crippen LogP contribution in [0.2, 0.25) is 0 Å². The van der Waals surface area contributed by atoms with Crippen molar-refractivity contribution < 1.29 is 19.1 Å². The summed E-state index contributed by atoms with van der Waals surface area (Å²) >= 11 is 0. The Labute approximate surface area is 188 Å². The molecule has 0 aromatic heterocycles. The Morgan fingerprint density at radius 2 is 1.47 bits per heavy atom. The van der Waals surface area contributed by atoms with Crippen LogP contribution in [0.25, 0.3) is 12.2 Å². The molecule has 1 amide bonds. The molecular weight excluding hydrogens is 402 g/mol. The summed E-state index contributed by atoms with van der Waals surface area (Å²) in [6.45, 7) is 0.121. The highest BCUT2D eigenvalue weighted by molar-refractivity contribution is 5.91. The summed E-state index contributed by atoms with van der Waals surface area (Å²) in [6, 6.07) is 26.2. The lowest BCUT2D eigenvalue weighted by atomic mass is 10.1. The van der Waals surface area contributed by atoms with Crippen molar-refractivity contribution in [3.05, 3.63) is 114 Å². The van der Waals surface area contributed by atoms with Crippen molar-refractivity contribution in [3.8, 4) is 5.75 Å². The van der Waals surface area contributed by atoms with E-state index in [1.807, 2.05) is 72.8 Å². The molecule has 1 N–H and O–H groups in total. The summed E-state index contributed by atoms with van der Waals surface area (Å²) in [7, 11) is 1.57. The number of amides is 1.